The standard InChI is InChI=1S/C15H20N2O8/c1-3-10(20)24-12-8(7-18)23-14(13(12)25-11(21)4-2)17-6-5-9(19)16-15(17)22/h5-6,8,12-14,18H,3-4,7H2,1-2H3,(H,16,19,22). The van der Waals surface area contributed by atoms with Crippen LogP contribution in [0.1, 0.15) is 32.9 Å². The van der Waals surface area contributed by atoms with Gasteiger partial charge < -0.3 is 19.3 Å². The van der Waals surface area contributed by atoms with E-state index in [1.54, 1.807) is 13.8 Å². The summed E-state index contributed by atoms with van der Waals surface area (Å²) in [6, 6.07) is 1.10. The molecule has 0 bridgehead atoms. The SMILES string of the molecule is CCC(=O)OC1C(CO)OC(n2ccc(=O)[nH]c2=O)C1OC(=O)CC. The van der Waals surface area contributed by atoms with Crippen molar-refractivity contribution in [1.29, 1.82) is 0 Å². The predicted molar refractivity (Wildman–Crippen MR) is 82.7 cm³/mol. The second kappa shape index (κ2) is 8.08. The number of nitrogens with zero attached hydrogens (tertiary/aromatic N) is 1. The van der Waals surface area contributed by atoms with Crippen LogP contribution in [-0.4, -0.2) is 51.5 Å². The van der Waals surface area contributed by atoms with Gasteiger partial charge in [0.15, 0.2) is 18.4 Å². The molecule has 1 aliphatic rings. The van der Waals surface area contributed by atoms with E-state index in [1.165, 1.54) is 6.20 Å². The lowest BCUT2D eigenvalue weighted by molar-refractivity contribution is -0.168. The highest BCUT2D eigenvalue weighted by molar-refractivity contribution is 5.70. The Kier molecular flexibility index (Phi) is 6.10. The lowest BCUT2D eigenvalue weighted by Gasteiger charge is -2.24. The number of H-pyrrole nitrogens is 1. The molecular formula is C15H20N2O8. The van der Waals surface area contributed by atoms with E-state index in [4.69, 9.17) is 14.2 Å². The number of carbonyl (C=O) groups excluding carboxylic acids is 2. The van der Waals surface area contributed by atoms with Crippen LogP contribution in [0.5, 0.6) is 0 Å². The molecule has 0 spiro atoms. The molecule has 4 unspecified atom stereocenters. The molecule has 138 valence electrons. The fourth-order valence-corrected chi connectivity index (χ4v) is 2.44. The molecule has 1 saturated heterocycles. The van der Waals surface area contributed by atoms with Gasteiger partial charge in [-0.05, 0) is 0 Å². The Bertz CT molecular complexity index is 740. The second-order valence-corrected chi connectivity index (χ2v) is 5.38. The third kappa shape index (κ3) is 4.15. The Labute approximate surface area is 142 Å². The molecule has 10 nitrogen and oxygen atoms in total. The minimum Gasteiger partial charge on any atom is -0.455 e. The van der Waals surface area contributed by atoms with Crippen LogP contribution >= 0.6 is 0 Å². The Balaban J connectivity index is 2.41. The van der Waals surface area contributed by atoms with E-state index in [0.29, 0.717) is 0 Å². The third-order valence-electron chi connectivity index (χ3n) is 3.70. The topological polar surface area (TPSA) is 137 Å². The van der Waals surface area contributed by atoms with Gasteiger partial charge in [-0.25, -0.2) is 4.79 Å². The van der Waals surface area contributed by atoms with Crippen molar-refractivity contribution in [2.45, 2.75) is 51.2 Å². The third-order valence-corrected chi connectivity index (χ3v) is 3.70. The number of esters is 2. The maximum atomic E-state index is 12.0. The van der Waals surface area contributed by atoms with Gasteiger partial charge in [0, 0.05) is 25.1 Å². The van der Waals surface area contributed by atoms with Gasteiger partial charge in [0.25, 0.3) is 5.56 Å². The van der Waals surface area contributed by atoms with Gasteiger partial charge >= 0.3 is 17.6 Å². The van der Waals surface area contributed by atoms with Gasteiger partial charge in [-0.3, -0.25) is 23.9 Å². The van der Waals surface area contributed by atoms with Crippen molar-refractivity contribution in [3.8, 4) is 0 Å². The monoisotopic (exact) mass is 356 g/mol. The van der Waals surface area contributed by atoms with E-state index in [-0.39, 0.29) is 12.8 Å². The first kappa shape index (κ1) is 18.9. The summed E-state index contributed by atoms with van der Waals surface area (Å²) < 4.78 is 17.1. The average molecular weight is 356 g/mol. The number of rotatable bonds is 6. The first-order chi connectivity index (χ1) is 11.9. The first-order valence-corrected chi connectivity index (χ1v) is 7.88. The molecule has 25 heavy (non-hydrogen) atoms. The highest BCUT2D eigenvalue weighted by Crippen LogP contribution is 2.33. The van der Waals surface area contributed by atoms with Crippen LogP contribution in [0.3, 0.4) is 0 Å². The second-order valence-electron chi connectivity index (χ2n) is 5.38. The fourth-order valence-electron chi connectivity index (χ4n) is 2.44. The fraction of sp³-hybridized carbons (Fsp3) is 0.600. The Hall–Kier alpha value is -2.46. The van der Waals surface area contributed by atoms with E-state index in [9.17, 15) is 24.3 Å². The largest absolute Gasteiger partial charge is 0.455 e. The van der Waals surface area contributed by atoms with Crippen LogP contribution in [0.4, 0.5) is 0 Å². The van der Waals surface area contributed by atoms with E-state index >= 15 is 0 Å². The number of aromatic nitrogens is 2. The molecule has 2 heterocycles. The molecule has 1 aliphatic heterocycles. The Morgan fingerprint density at radius 2 is 1.80 bits per heavy atom. The van der Waals surface area contributed by atoms with Crippen LogP contribution < -0.4 is 11.2 Å². The lowest BCUT2D eigenvalue weighted by atomic mass is 10.1. The molecule has 4 atom stereocenters. The molecule has 10 heteroatoms. The molecule has 1 fully saturated rings. The summed E-state index contributed by atoms with van der Waals surface area (Å²) >= 11 is 0. The van der Waals surface area contributed by atoms with Gasteiger partial charge in [-0.15, -0.1) is 0 Å². The molecule has 2 rings (SSSR count). The summed E-state index contributed by atoms with van der Waals surface area (Å²) in [7, 11) is 0. The number of hydrogen-bond donors (Lipinski definition) is 2. The highest BCUT2D eigenvalue weighted by atomic mass is 16.6. The quantitative estimate of drug-likeness (QED) is 0.624. The molecule has 0 aliphatic carbocycles. The zero-order chi connectivity index (χ0) is 18.6. The van der Waals surface area contributed by atoms with Crippen LogP contribution in [-0.2, 0) is 23.8 Å². The number of hydrogen-bond acceptors (Lipinski definition) is 8. The van der Waals surface area contributed by atoms with Gasteiger partial charge in [0.2, 0.25) is 0 Å². The molecule has 0 saturated carbocycles. The first-order valence-electron chi connectivity index (χ1n) is 7.88. The van der Waals surface area contributed by atoms with Gasteiger partial charge in [0.1, 0.15) is 6.10 Å². The van der Waals surface area contributed by atoms with Crippen molar-refractivity contribution in [2.75, 3.05) is 6.61 Å². The summed E-state index contributed by atoms with van der Waals surface area (Å²) in [6.45, 7) is 2.65. The van der Waals surface area contributed by atoms with Crippen LogP contribution in [0.15, 0.2) is 21.9 Å². The highest BCUT2D eigenvalue weighted by Gasteiger charge is 2.50. The van der Waals surface area contributed by atoms with Gasteiger partial charge in [-0.1, -0.05) is 13.8 Å². The summed E-state index contributed by atoms with van der Waals surface area (Å²) in [6.07, 6.45) is -3.08. The van der Waals surface area contributed by atoms with Crippen molar-refractivity contribution in [3.05, 3.63) is 33.1 Å². The van der Waals surface area contributed by atoms with E-state index in [1.807, 2.05) is 0 Å². The Morgan fingerprint density at radius 1 is 1.20 bits per heavy atom. The molecule has 0 aromatic carbocycles. The minimum absolute atomic E-state index is 0.0575. The summed E-state index contributed by atoms with van der Waals surface area (Å²) in [5, 5.41) is 9.51. The molecule has 1 aromatic rings. The predicted octanol–water partition coefficient (Wildman–Crippen LogP) is -0.930. The van der Waals surface area contributed by atoms with Crippen LogP contribution in [0, 0.1) is 0 Å². The number of aliphatic hydroxyl groups is 1. The number of carbonyl (C=O) groups is 2. The van der Waals surface area contributed by atoms with Crippen molar-refractivity contribution < 1.29 is 28.9 Å². The zero-order valence-electron chi connectivity index (χ0n) is 13.8. The van der Waals surface area contributed by atoms with Gasteiger partial charge in [0.05, 0.1) is 6.61 Å². The molecular weight excluding hydrogens is 336 g/mol. The minimum atomic E-state index is -1.16. The van der Waals surface area contributed by atoms with Crippen LogP contribution in [0.2, 0.25) is 0 Å². The molecule has 0 radical (unpaired) electrons. The summed E-state index contributed by atoms with van der Waals surface area (Å²) in [4.78, 5) is 48.7. The maximum absolute atomic E-state index is 12.0. The average Bonchev–Trinajstić information content (AvgIpc) is 2.92. The Morgan fingerprint density at radius 3 is 2.32 bits per heavy atom. The lowest BCUT2D eigenvalue weighted by Crippen LogP contribution is -2.42. The molecule has 0 amide bonds. The molecule has 2 N–H and O–H groups in total. The summed E-state index contributed by atoms with van der Waals surface area (Å²) in [5.41, 5.74) is -1.39. The summed E-state index contributed by atoms with van der Waals surface area (Å²) in [5.74, 6) is -1.16. The maximum Gasteiger partial charge on any atom is 0.330 e. The van der Waals surface area contributed by atoms with Crippen molar-refractivity contribution in [2.24, 2.45) is 0 Å². The number of nitrogens with one attached hydrogen (secondary N) is 1. The van der Waals surface area contributed by atoms with Crippen molar-refractivity contribution in [3.63, 3.8) is 0 Å². The number of ether oxygens (including phenoxy) is 3. The zero-order valence-corrected chi connectivity index (χ0v) is 13.8. The normalized spacial score (nSPS) is 25.6. The van der Waals surface area contributed by atoms with E-state index in [0.717, 1.165) is 10.6 Å². The van der Waals surface area contributed by atoms with Crippen LogP contribution in [0.25, 0.3) is 0 Å². The number of aliphatic hydroxyl groups excluding tert-OH is 1. The van der Waals surface area contributed by atoms with Gasteiger partial charge in [-0.2, -0.15) is 0 Å². The number of aromatic amines is 1. The smallest absolute Gasteiger partial charge is 0.330 e. The van der Waals surface area contributed by atoms with E-state index in [2.05, 4.69) is 4.98 Å². The van der Waals surface area contributed by atoms with E-state index < -0.39 is 54.3 Å². The van der Waals surface area contributed by atoms with Crippen molar-refractivity contribution >= 4 is 11.9 Å². The molecule has 1 aromatic heterocycles. The van der Waals surface area contributed by atoms with Crippen molar-refractivity contribution in [1.82, 2.24) is 9.55 Å².